The molecule has 2 aliphatic rings. The van der Waals surface area contributed by atoms with Crippen molar-refractivity contribution in [3.63, 3.8) is 0 Å². The van der Waals surface area contributed by atoms with Gasteiger partial charge in [-0.1, -0.05) is 26.8 Å². The average Bonchev–Trinajstić information content (AvgIpc) is 2.85. The van der Waals surface area contributed by atoms with Gasteiger partial charge in [-0.3, -0.25) is 0 Å². The molecular weight excluding hydrogens is 264 g/mol. The van der Waals surface area contributed by atoms with Crippen LogP contribution in [0.2, 0.25) is 0 Å². The monoisotopic (exact) mass is 290 g/mol. The van der Waals surface area contributed by atoms with E-state index in [0.717, 1.165) is 30.8 Å². The zero-order valence-corrected chi connectivity index (χ0v) is 13.3. The summed E-state index contributed by atoms with van der Waals surface area (Å²) in [6.45, 7) is 7.06. The van der Waals surface area contributed by atoms with Crippen molar-refractivity contribution < 1.29 is 14.6 Å². The zero-order valence-electron chi connectivity index (χ0n) is 13.3. The molecular formula is C18H26O3. The molecule has 0 bridgehead atoms. The number of fused-ring (bicyclic) bond motifs is 1. The number of benzene rings is 1. The van der Waals surface area contributed by atoms with Crippen LogP contribution in [0.1, 0.15) is 45.6 Å². The first-order chi connectivity index (χ1) is 9.97. The molecule has 0 saturated heterocycles. The molecule has 0 amide bonds. The van der Waals surface area contributed by atoms with Crippen molar-refractivity contribution in [2.24, 2.45) is 17.3 Å². The molecule has 1 fully saturated rings. The smallest absolute Gasteiger partial charge is 0.231 e. The molecule has 116 valence electrons. The van der Waals surface area contributed by atoms with Gasteiger partial charge in [-0.2, -0.15) is 0 Å². The minimum Gasteiger partial charge on any atom is -0.454 e. The number of rotatable bonds is 3. The van der Waals surface area contributed by atoms with Gasteiger partial charge >= 0.3 is 0 Å². The molecule has 3 rings (SSSR count). The van der Waals surface area contributed by atoms with E-state index in [1.165, 1.54) is 12.0 Å². The fourth-order valence-corrected chi connectivity index (χ4v) is 3.95. The molecule has 3 atom stereocenters. The quantitative estimate of drug-likeness (QED) is 0.920. The molecule has 1 saturated carbocycles. The second-order valence-electron chi connectivity index (χ2n) is 7.39. The van der Waals surface area contributed by atoms with Crippen LogP contribution in [0.3, 0.4) is 0 Å². The van der Waals surface area contributed by atoms with E-state index in [-0.39, 0.29) is 11.5 Å². The van der Waals surface area contributed by atoms with Gasteiger partial charge in [-0.25, -0.2) is 0 Å². The Morgan fingerprint density at radius 3 is 2.76 bits per heavy atom. The Bertz CT molecular complexity index is 511. The summed E-state index contributed by atoms with van der Waals surface area (Å²) in [5.41, 5.74) is 1.45. The summed E-state index contributed by atoms with van der Waals surface area (Å²) in [5, 5.41) is 10.5. The Morgan fingerprint density at radius 2 is 2.05 bits per heavy atom. The third-order valence-electron chi connectivity index (χ3n) is 5.20. The molecule has 3 nitrogen and oxygen atoms in total. The van der Waals surface area contributed by atoms with Crippen LogP contribution < -0.4 is 9.47 Å². The van der Waals surface area contributed by atoms with Gasteiger partial charge in [0.2, 0.25) is 6.79 Å². The number of aliphatic hydroxyl groups excluding tert-OH is 1. The molecule has 3 heteroatoms. The predicted octanol–water partition coefficient (Wildman–Crippen LogP) is 3.78. The van der Waals surface area contributed by atoms with E-state index in [0.29, 0.717) is 18.6 Å². The van der Waals surface area contributed by atoms with Crippen molar-refractivity contribution in [3.05, 3.63) is 23.8 Å². The van der Waals surface area contributed by atoms with E-state index in [1.807, 2.05) is 6.07 Å². The van der Waals surface area contributed by atoms with Gasteiger partial charge in [0.05, 0.1) is 6.10 Å². The highest BCUT2D eigenvalue weighted by molar-refractivity contribution is 5.44. The summed E-state index contributed by atoms with van der Waals surface area (Å²) in [6.07, 6.45) is 4.02. The first-order valence-corrected chi connectivity index (χ1v) is 8.03. The Morgan fingerprint density at radius 1 is 1.29 bits per heavy atom. The van der Waals surface area contributed by atoms with Crippen molar-refractivity contribution in [1.82, 2.24) is 0 Å². The fraction of sp³-hybridized carbons (Fsp3) is 0.667. The van der Waals surface area contributed by atoms with Gasteiger partial charge in [-0.15, -0.1) is 0 Å². The van der Waals surface area contributed by atoms with Gasteiger partial charge < -0.3 is 14.6 Å². The SMILES string of the molecule is CC(C)C1CCC(C)(Cc2ccc3c(c2)OCO3)CC1O. The maximum Gasteiger partial charge on any atom is 0.231 e. The van der Waals surface area contributed by atoms with E-state index >= 15 is 0 Å². The minimum atomic E-state index is -0.169. The number of ether oxygens (including phenoxy) is 2. The molecule has 0 spiro atoms. The molecule has 1 aromatic rings. The molecule has 1 heterocycles. The van der Waals surface area contributed by atoms with Crippen molar-refractivity contribution in [2.45, 2.75) is 52.6 Å². The van der Waals surface area contributed by atoms with Crippen LogP contribution in [0.15, 0.2) is 18.2 Å². The molecule has 1 aliphatic carbocycles. The van der Waals surface area contributed by atoms with Crippen LogP contribution in [0.4, 0.5) is 0 Å². The standard InChI is InChI=1S/C18H26O3/c1-12(2)14-6-7-18(3,10-15(14)19)9-13-4-5-16-17(8-13)21-11-20-16/h4-5,8,12,14-15,19H,6-7,9-11H2,1-3H3. The fourth-order valence-electron chi connectivity index (χ4n) is 3.95. The van der Waals surface area contributed by atoms with Gasteiger partial charge in [0.1, 0.15) is 0 Å². The van der Waals surface area contributed by atoms with Gasteiger partial charge in [0.15, 0.2) is 11.5 Å². The third kappa shape index (κ3) is 3.03. The van der Waals surface area contributed by atoms with Crippen molar-refractivity contribution >= 4 is 0 Å². The summed E-state index contributed by atoms with van der Waals surface area (Å²) < 4.78 is 10.8. The van der Waals surface area contributed by atoms with E-state index in [2.05, 4.69) is 32.9 Å². The summed E-state index contributed by atoms with van der Waals surface area (Å²) in [7, 11) is 0. The lowest BCUT2D eigenvalue weighted by molar-refractivity contribution is -0.00984. The highest BCUT2D eigenvalue weighted by Crippen LogP contribution is 2.44. The van der Waals surface area contributed by atoms with Crippen LogP contribution in [0.5, 0.6) is 11.5 Å². The van der Waals surface area contributed by atoms with E-state index in [9.17, 15) is 5.11 Å². The van der Waals surface area contributed by atoms with E-state index in [4.69, 9.17) is 9.47 Å². The number of hydrogen-bond acceptors (Lipinski definition) is 3. The van der Waals surface area contributed by atoms with Gasteiger partial charge in [0.25, 0.3) is 0 Å². The zero-order chi connectivity index (χ0) is 15.0. The number of aliphatic hydroxyl groups is 1. The molecule has 0 aromatic heterocycles. The molecule has 1 N–H and O–H groups in total. The van der Waals surface area contributed by atoms with Crippen molar-refractivity contribution in [2.75, 3.05) is 6.79 Å². The second-order valence-corrected chi connectivity index (χ2v) is 7.39. The lowest BCUT2D eigenvalue weighted by Gasteiger charge is -2.42. The highest BCUT2D eigenvalue weighted by atomic mass is 16.7. The Kier molecular flexibility index (Phi) is 3.87. The first-order valence-electron chi connectivity index (χ1n) is 8.03. The Hall–Kier alpha value is -1.22. The predicted molar refractivity (Wildman–Crippen MR) is 82.6 cm³/mol. The number of hydrogen-bond donors (Lipinski definition) is 1. The van der Waals surface area contributed by atoms with E-state index < -0.39 is 0 Å². The average molecular weight is 290 g/mol. The van der Waals surface area contributed by atoms with E-state index in [1.54, 1.807) is 0 Å². The largest absolute Gasteiger partial charge is 0.454 e. The van der Waals surface area contributed by atoms with Crippen LogP contribution in [-0.2, 0) is 6.42 Å². The highest BCUT2D eigenvalue weighted by Gasteiger charge is 2.38. The van der Waals surface area contributed by atoms with Crippen LogP contribution in [0.25, 0.3) is 0 Å². The maximum atomic E-state index is 10.5. The second kappa shape index (κ2) is 5.53. The Labute approximate surface area is 127 Å². The minimum absolute atomic E-state index is 0.169. The van der Waals surface area contributed by atoms with Crippen molar-refractivity contribution in [1.29, 1.82) is 0 Å². The lowest BCUT2D eigenvalue weighted by Crippen LogP contribution is -2.38. The maximum absolute atomic E-state index is 10.5. The molecule has 3 unspecified atom stereocenters. The van der Waals surface area contributed by atoms with Gasteiger partial charge in [0, 0.05) is 0 Å². The third-order valence-corrected chi connectivity index (χ3v) is 5.20. The molecule has 1 aliphatic heterocycles. The molecule has 0 radical (unpaired) electrons. The topological polar surface area (TPSA) is 38.7 Å². The van der Waals surface area contributed by atoms with Crippen LogP contribution in [0, 0.1) is 17.3 Å². The van der Waals surface area contributed by atoms with Gasteiger partial charge in [-0.05, 0) is 60.6 Å². The summed E-state index contributed by atoms with van der Waals surface area (Å²) in [6, 6.07) is 6.21. The van der Waals surface area contributed by atoms with Crippen LogP contribution in [-0.4, -0.2) is 18.0 Å². The lowest BCUT2D eigenvalue weighted by atomic mass is 9.65. The van der Waals surface area contributed by atoms with Crippen molar-refractivity contribution in [3.8, 4) is 11.5 Å². The molecule has 1 aromatic carbocycles. The summed E-state index contributed by atoms with van der Waals surface area (Å²) in [5.74, 6) is 2.71. The summed E-state index contributed by atoms with van der Waals surface area (Å²) in [4.78, 5) is 0. The molecule has 21 heavy (non-hydrogen) atoms. The first kappa shape index (κ1) is 14.7. The normalized spacial score (nSPS) is 31.7. The van der Waals surface area contributed by atoms with Crippen LogP contribution >= 0.6 is 0 Å². The Balaban J connectivity index is 1.70. The summed E-state index contributed by atoms with van der Waals surface area (Å²) >= 11 is 0.